The average molecular weight is 383 g/mol. The summed E-state index contributed by atoms with van der Waals surface area (Å²) in [5.74, 6) is 1.85. The Morgan fingerprint density at radius 1 is 1.07 bits per heavy atom. The first kappa shape index (κ1) is 20.0. The van der Waals surface area contributed by atoms with Gasteiger partial charge in [-0.05, 0) is 37.8 Å². The summed E-state index contributed by atoms with van der Waals surface area (Å²) in [6, 6.07) is 13.7. The second kappa shape index (κ2) is 9.99. The number of methoxy groups -OCH3 is 2. The molecule has 6 nitrogen and oxygen atoms in total. The summed E-state index contributed by atoms with van der Waals surface area (Å²) in [6.07, 6.45) is 4.84. The molecule has 3 rings (SSSR count). The van der Waals surface area contributed by atoms with Gasteiger partial charge in [-0.15, -0.1) is 0 Å². The lowest BCUT2D eigenvalue weighted by molar-refractivity contribution is 0.185. The number of nitrogens with zero attached hydrogens (tertiary/aromatic N) is 1. The molecule has 0 saturated heterocycles. The van der Waals surface area contributed by atoms with Crippen molar-refractivity contribution in [3.8, 4) is 11.5 Å². The number of aliphatic imine (C=N–C) groups is 1. The molecule has 150 valence electrons. The van der Waals surface area contributed by atoms with E-state index in [0.717, 1.165) is 41.2 Å². The van der Waals surface area contributed by atoms with E-state index in [2.05, 4.69) is 10.3 Å². The molecule has 1 fully saturated rings. The molecule has 2 aromatic carbocycles. The fourth-order valence-electron chi connectivity index (χ4n) is 3.42. The smallest absolute Gasteiger partial charge is 0.193 e. The molecule has 6 heteroatoms. The maximum Gasteiger partial charge on any atom is 0.193 e. The van der Waals surface area contributed by atoms with Crippen molar-refractivity contribution in [1.29, 1.82) is 0 Å². The number of para-hydroxylation sites is 2. The molecule has 0 heterocycles. The zero-order valence-corrected chi connectivity index (χ0v) is 16.6. The highest BCUT2D eigenvalue weighted by molar-refractivity contribution is 5.93. The van der Waals surface area contributed by atoms with Crippen LogP contribution in [0, 0.1) is 0 Å². The van der Waals surface area contributed by atoms with Crippen LogP contribution in [0.25, 0.3) is 0 Å². The van der Waals surface area contributed by atoms with Gasteiger partial charge in [-0.25, -0.2) is 4.99 Å². The van der Waals surface area contributed by atoms with E-state index in [1.165, 1.54) is 12.8 Å². The van der Waals surface area contributed by atoms with Gasteiger partial charge in [0.15, 0.2) is 17.5 Å². The number of rotatable bonds is 8. The lowest BCUT2D eigenvalue weighted by atomic mass is 10.1. The summed E-state index contributed by atoms with van der Waals surface area (Å²) in [6.45, 7) is 0.913. The van der Waals surface area contributed by atoms with Gasteiger partial charge >= 0.3 is 0 Å². The molecule has 1 aliphatic rings. The minimum atomic E-state index is 0.246. The number of anilines is 1. The monoisotopic (exact) mass is 383 g/mol. The van der Waals surface area contributed by atoms with E-state index < -0.39 is 0 Å². The van der Waals surface area contributed by atoms with Crippen molar-refractivity contribution in [3.63, 3.8) is 0 Å². The predicted molar refractivity (Wildman–Crippen MR) is 112 cm³/mol. The molecule has 0 bridgehead atoms. The minimum Gasteiger partial charge on any atom is -0.493 e. The van der Waals surface area contributed by atoms with Gasteiger partial charge in [0.1, 0.15) is 0 Å². The van der Waals surface area contributed by atoms with Crippen LogP contribution < -0.4 is 20.5 Å². The van der Waals surface area contributed by atoms with Crippen LogP contribution in [-0.2, 0) is 17.9 Å². The highest BCUT2D eigenvalue weighted by Gasteiger charge is 2.20. The number of nitrogens with one attached hydrogen (secondary N) is 1. The molecule has 0 radical (unpaired) electrons. The van der Waals surface area contributed by atoms with Gasteiger partial charge in [0.05, 0.1) is 26.4 Å². The molecular weight excluding hydrogens is 354 g/mol. The Morgan fingerprint density at radius 2 is 1.82 bits per heavy atom. The summed E-state index contributed by atoms with van der Waals surface area (Å²) in [5, 5.41) is 3.16. The number of hydrogen-bond acceptors (Lipinski definition) is 4. The fraction of sp³-hybridized carbons (Fsp3) is 0.409. The molecular formula is C22H29N3O3. The third kappa shape index (κ3) is 5.16. The summed E-state index contributed by atoms with van der Waals surface area (Å²) >= 11 is 0. The Morgan fingerprint density at radius 3 is 2.57 bits per heavy atom. The average Bonchev–Trinajstić information content (AvgIpc) is 3.22. The Balaban J connectivity index is 1.74. The molecule has 0 amide bonds. The molecule has 2 aromatic rings. The SMILES string of the molecule is COCc1ccccc1NC(N)=NCc1cccc(OC)c1OC1CCCC1. The van der Waals surface area contributed by atoms with Gasteiger partial charge in [0, 0.05) is 23.9 Å². The lowest BCUT2D eigenvalue weighted by Crippen LogP contribution is -2.23. The second-order valence-corrected chi connectivity index (χ2v) is 6.89. The van der Waals surface area contributed by atoms with Gasteiger partial charge in [-0.1, -0.05) is 30.3 Å². The van der Waals surface area contributed by atoms with Crippen LogP contribution in [-0.4, -0.2) is 26.3 Å². The third-order valence-electron chi connectivity index (χ3n) is 4.87. The van der Waals surface area contributed by atoms with Crippen LogP contribution >= 0.6 is 0 Å². The van der Waals surface area contributed by atoms with Gasteiger partial charge in [0.2, 0.25) is 0 Å². The molecule has 0 spiro atoms. The number of nitrogens with two attached hydrogens (primary N) is 1. The van der Waals surface area contributed by atoms with Crippen LogP contribution in [0.3, 0.4) is 0 Å². The quantitative estimate of drug-likeness (QED) is 0.530. The molecule has 3 N–H and O–H groups in total. The Bertz CT molecular complexity index is 801. The summed E-state index contributed by atoms with van der Waals surface area (Å²) in [4.78, 5) is 4.51. The van der Waals surface area contributed by atoms with E-state index in [4.69, 9.17) is 19.9 Å². The Hall–Kier alpha value is -2.73. The van der Waals surface area contributed by atoms with Crippen LogP contribution in [0.5, 0.6) is 11.5 Å². The van der Waals surface area contributed by atoms with E-state index in [-0.39, 0.29) is 6.10 Å². The first-order valence-electron chi connectivity index (χ1n) is 9.67. The normalized spacial score (nSPS) is 14.9. The largest absolute Gasteiger partial charge is 0.493 e. The van der Waals surface area contributed by atoms with E-state index in [0.29, 0.717) is 19.1 Å². The summed E-state index contributed by atoms with van der Waals surface area (Å²) < 4.78 is 17.0. The highest BCUT2D eigenvalue weighted by Crippen LogP contribution is 2.35. The second-order valence-electron chi connectivity index (χ2n) is 6.89. The highest BCUT2D eigenvalue weighted by atomic mass is 16.5. The number of benzene rings is 2. The summed E-state index contributed by atoms with van der Waals surface area (Å²) in [7, 11) is 3.33. The van der Waals surface area contributed by atoms with Gasteiger partial charge in [0.25, 0.3) is 0 Å². The predicted octanol–water partition coefficient (Wildman–Crippen LogP) is 4.09. The first-order valence-corrected chi connectivity index (χ1v) is 9.67. The topological polar surface area (TPSA) is 78.1 Å². The van der Waals surface area contributed by atoms with Crippen LogP contribution in [0.15, 0.2) is 47.5 Å². The molecule has 28 heavy (non-hydrogen) atoms. The maximum atomic E-state index is 6.26. The van der Waals surface area contributed by atoms with Crippen molar-refractivity contribution in [2.45, 2.75) is 44.9 Å². The molecule has 0 aromatic heterocycles. The molecule has 1 aliphatic carbocycles. The van der Waals surface area contributed by atoms with Gasteiger partial charge < -0.3 is 25.3 Å². The van der Waals surface area contributed by atoms with E-state index >= 15 is 0 Å². The Labute approximate surface area is 166 Å². The molecule has 0 unspecified atom stereocenters. The van der Waals surface area contributed by atoms with Crippen molar-refractivity contribution < 1.29 is 14.2 Å². The molecule has 1 saturated carbocycles. The van der Waals surface area contributed by atoms with E-state index in [9.17, 15) is 0 Å². The van der Waals surface area contributed by atoms with Gasteiger partial charge in [-0.3, -0.25) is 0 Å². The van der Waals surface area contributed by atoms with Crippen LogP contribution in [0.1, 0.15) is 36.8 Å². The standard InChI is InChI=1S/C22H29N3O3/c1-26-15-17-8-3-6-12-19(17)25-22(23)24-14-16-9-7-13-20(27-2)21(16)28-18-10-4-5-11-18/h3,6-9,12-13,18H,4-5,10-11,14-15H2,1-2H3,(H3,23,24,25). The van der Waals surface area contributed by atoms with Crippen LogP contribution in [0.2, 0.25) is 0 Å². The first-order chi connectivity index (χ1) is 13.7. The van der Waals surface area contributed by atoms with Gasteiger partial charge in [-0.2, -0.15) is 0 Å². The number of ether oxygens (including phenoxy) is 3. The van der Waals surface area contributed by atoms with E-state index in [1.54, 1.807) is 14.2 Å². The van der Waals surface area contributed by atoms with Crippen molar-refractivity contribution in [1.82, 2.24) is 0 Å². The molecule has 0 aliphatic heterocycles. The molecule has 0 atom stereocenters. The third-order valence-corrected chi connectivity index (χ3v) is 4.87. The number of guanidine groups is 1. The number of hydrogen-bond donors (Lipinski definition) is 2. The summed E-state index contributed by atoms with van der Waals surface area (Å²) in [5.41, 5.74) is 9.00. The van der Waals surface area contributed by atoms with Crippen LogP contribution in [0.4, 0.5) is 5.69 Å². The van der Waals surface area contributed by atoms with Crippen molar-refractivity contribution in [2.75, 3.05) is 19.5 Å². The zero-order chi connectivity index (χ0) is 19.8. The maximum absolute atomic E-state index is 6.26. The van der Waals surface area contributed by atoms with E-state index in [1.807, 2.05) is 42.5 Å². The minimum absolute atomic E-state index is 0.246. The Kier molecular flexibility index (Phi) is 7.14. The van der Waals surface area contributed by atoms with Crippen molar-refractivity contribution in [3.05, 3.63) is 53.6 Å². The fourth-order valence-corrected chi connectivity index (χ4v) is 3.42. The van der Waals surface area contributed by atoms with Crippen molar-refractivity contribution >= 4 is 11.6 Å². The zero-order valence-electron chi connectivity index (χ0n) is 16.6. The van der Waals surface area contributed by atoms with Crippen molar-refractivity contribution in [2.24, 2.45) is 10.7 Å². The lowest BCUT2D eigenvalue weighted by Gasteiger charge is -2.18.